The largest absolute Gasteiger partial charge is 0.444 e. The number of nitrogens with zero attached hydrogens (tertiary/aromatic N) is 3. The highest BCUT2D eigenvalue weighted by molar-refractivity contribution is 5.81. The molecule has 0 aliphatic carbocycles. The van der Waals surface area contributed by atoms with Crippen LogP contribution < -0.4 is 11.1 Å². The highest BCUT2D eigenvalue weighted by atomic mass is 16.6. The number of rotatable bonds is 5. The van der Waals surface area contributed by atoms with Crippen LogP contribution in [0.25, 0.3) is 22.2 Å². The molecule has 2 aromatic carbocycles. The van der Waals surface area contributed by atoms with Gasteiger partial charge in [-0.25, -0.2) is 9.59 Å². The molecule has 10 heteroatoms. The molecule has 1 fully saturated rings. The van der Waals surface area contributed by atoms with Gasteiger partial charge in [0.05, 0.1) is 23.6 Å². The number of aliphatic hydroxyl groups excluding tert-OH is 1. The van der Waals surface area contributed by atoms with E-state index in [-0.39, 0.29) is 18.9 Å². The van der Waals surface area contributed by atoms with Gasteiger partial charge in [-0.2, -0.15) is 5.26 Å². The number of oxazole rings is 1. The fraction of sp³-hybridized carbons (Fsp3) is 0.467. The summed E-state index contributed by atoms with van der Waals surface area (Å²) in [6, 6.07) is 14.5. The minimum Gasteiger partial charge on any atom is -0.444 e. The number of ether oxygens (including phenoxy) is 1. The first-order valence-electron chi connectivity index (χ1n) is 13.5. The molecule has 0 spiro atoms. The highest BCUT2D eigenvalue weighted by Gasteiger charge is 2.32. The Morgan fingerprint density at radius 1 is 1.20 bits per heavy atom. The first-order chi connectivity index (χ1) is 18.9. The minimum atomic E-state index is -0.785. The van der Waals surface area contributed by atoms with E-state index in [1.807, 2.05) is 36.4 Å². The normalized spacial score (nSPS) is 18.9. The summed E-state index contributed by atoms with van der Waals surface area (Å²) in [5.74, 6) is -1.47. The van der Waals surface area contributed by atoms with E-state index >= 15 is 0 Å². The Labute approximate surface area is 233 Å². The zero-order chi connectivity index (χ0) is 29.0. The van der Waals surface area contributed by atoms with Gasteiger partial charge < -0.3 is 24.5 Å². The fourth-order valence-corrected chi connectivity index (χ4v) is 4.87. The lowest BCUT2D eigenvalue weighted by Gasteiger charge is -2.33. The molecule has 212 valence electrons. The number of carbonyl (C=O) groups is 2. The number of nitriles is 1. The van der Waals surface area contributed by atoms with Crippen molar-refractivity contribution in [3.63, 3.8) is 0 Å². The summed E-state index contributed by atoms with van der Waals surface area (Å²) in [5.41, 5.74) is 3.26. The lowest BCUT2D eigenvalue weighted by Crippen LogP contribution is -2.48. The van der Waals surface area contributed by atoms with Crippen LogP contribution in [0.4, 0.5) is 4.79 Å². The van der Waals surface area contributed by atoms with Crippen molar-refractivity contribution < 1.29 is 23.8 Å². The molecule has 4 rings (SSSR count). The molecule has 2 amide bonds. The average Bonchev–Trinajstić information content (AvgIpc) is 3.17. The van der Waals surface area contributed by atoms with E-state index in [1.54, 1.807) is 33.9 Å². The van der Waals surface area contributed by atoms with Crippen LogP contribution in [0, 0.1) is 17.2 Å². The summed E-state index contributed by atoms with van der Waals surface area (Å²) in [5, 5.41) is 22.9. The molecule has 3 atom stereocenters. The van der Waals surface area contributed by atoms with Gasteiger partial charge in [-0.1, -0.05) is 30.3 Å². The molecule has 2 unspecified atom stereocenters. The Morgan fingerprint density at radius 3 is 2.58 bits per heavy atom. The molecule has 1 aromatic heterocycles. The number of hydrogen-bond donors (Lipinski definition) is 2. The van der Waals surface area contributed by atoms with E-state index < -0.39 is 35.5 Å². The summed E-state index contributed by atoms with van der Waals surface area (Å²) in [7, 11) is 1.66. The topological polar surface area (TPSA) is 138 Å². The van der Waals surface area contributed by atoms with E-state index in [1.165, 1.54) is 9.47 Å². The van der Waals surface area contributed by atoms with Crippen molar-refractivity contribution >= 4 is 23.1 Å². The van der Waals surface area contributed by atoms with Crippen molar-refractivity contribution in [1.82, 2.24) is 14.8 Å². The van der Waals surface area contributed by atoms with Crippen molar-refractivity contribution in [3.05, 3.63) is 58.6 Å². The molecule has 2 N–H and O–H groups in total. The maximum Gasteiger partial charge on any atom is 0.419 e. The quantitative estimate of drug-likeness (QED) is 0.495. The molecule has 40 heavy (non-hydrogen) atoms. The predicted octanol–water partition coefficient (Wildman–Crippen LogP) is 3.75. The van der Waals surface area contributed by atoms with Crippen LogP contribution in [0.3, 0.4) is 0 Å². The Bertz CT molecular complexity index is 1460. The molecule has 0 bridgehead atoms. The van der Waals surface area contributed by atoms with Crippen molar-refractivity contribution in [3.8, 4) is 17.2 Å². The van der Waals surface area contributed by atoms with Crippen LogP contribution in [-0.2, 0) is 23.0 Å². The molecule has 2 heterocycles. The van der Waals surface area contributed by atoms with Gasteiger partial charge in [0.1, 0.15) is 11.6 Å². The summed E-state index contributed by atoms with van der Waals surface area (Å²) in [6.45, 7) is 5.85. The molecule has 1 saturated heterocycles. The summed E-state index contributed by atoms with van der Waals surface area (Å²) in [6.07, 6.45) is 0.426. The number of amides is 2. The van der Waals surface area contributed by atoms with E-state index in [0.29, 0.717) is 36.9 Å². The molecular weight excluding hydrogens is 512 g/mol. The van der Waals surface area contributed by atoms with Gasteiger partial charge in [-0.05, 0) is 68.9 Å². The van der Waals surface area contributed by atoms with E-state index in [0.717, 1.165) is 16.7 Å². The zero-order valence-electron chi connectivity index (χ0n) is 23.3. The number of likely N-dealkylation sites (tertiary alicyclic amines) is 1. The number of aliphatic hydroxyl groups is 1. The second kappa shape index (κ2) is 12.0. The average molecular weight is 549 g/mol. The number of aryl methyl sites for hydroxylation is 1. The Morgan fingerprint density at radius 2 is 1.90 bits per heavy atom. The van der Waals surface area contributed by atoms with Crippen molar-refractivity contribution in [1.29, 1.82) is 5.26 Å². The summed E-state index contributed by atoms with van der Waals surface area (Å²) < 4.78 is 12.2. The lowest BCUT2D eigenvalue weighted by atomic mass is 9.94. The van der Waals surface area contributed by atoms with Crippen LogP contribution in [0.1, 0.15) is 45.6 Å². The zero-order valence-corrected chi connectivity index (χ0v) is 23.3. The first-order valence-corrected chi connectivity index (χ1v) is 13.5. The molecule has 1 aliphatic rings. The molecule has 0 saturated carbocycles. The van der Waals surface area contributed by atoms with Crippen LogP contribution in [-0.4, -0.2) is 57.4 Å². The second-order valence-electron chi connectivity index (χ2n) is 11.4. The number of fused-ring (bicyclic) bond motifs is 1. The summed E-state index contributed by atoms with van der Waals surface area (Å²) in [4.78, 5) is 39.2. The predicted molar refractivity (Wildman–Crippen MR) is 149 cm³/mol. The van der Waals surface area contributed by atoms with Crippen molar-refractivity contribution in [2.45, 2.75) is 64.2 Å². The minimum absolute atomic E-state index is 0.108. The van der Waals surface area contributed by atoms with E-state index in [4.69, 9.17) is 9.15 Å². The second-order valence-corrected chi connectivity index (χ2v) is 11.4. The Balaban J connectivity index is 1.42. The van der Waals surface area contributed by atoms with Crippen LogP contribution in [0.5, 0.6) is 0 Å². The lowest BCUT2D eigenvalue weighted by molar-refractivity contribution is -0.127. The van der Waals surface area contributed by atoms with E-state index in [9.17, 15) is 24.8 Å². The third-order valence-corrected chi connectivity index (χ3v) is 6.98. The molecule has 1 aliphatic heterocycles. The van der Waals surface area contributed by atoms with Gasteiger partial charge >= 0.3 is 11.8 Å². The number of carbonyl (C=O) groups excluding carboxylic acids is 2. The standard InChI is InChI=1S/C30H36N4O6/c1-30(2,3)40-29(38)34-13-5-6-24(35)15-22(18-34)27(36)32-23(17-31)14-19-7-9-20(10-8-19)21-11-12-26-25(16-21)33(4)28(37)39-26/h7-12,16,22-24,35H,5-6,13-15,18H2,1-4H3,(H,32,36)/t22?,23-,24?/m0/s1. The molecule has 3 aromatic rings. The monoisotopic (exact) mass is 548 g/mol. The molecular formula is C30H36N4O6. The SMILES string of the molecule is Cn1c(=O)oc2ccc(-c3ccc(C[C@@H](C#N)NC(=O)C4CC(O)CCCN(C(=O)OC(C)(C)C)C4)cc3)cc21. The van der Waals surface area contributed by atoms with Crippen LogP contribution in [0.15, 0.2) is 51.7 Å². The van der Waals surface area contributed by atoms with Gasteiger partial charge in [0, 0.05) is 26.6 Å². The fourth-order valence-electron chi connectivity index (χ4n) is 4.87. The number of aromatic nitrogens is 1. The van der Waals surface area contributed by atoms with Gasteiger partial charge in [0.25, 0.3) is 0 Å². The number of hydrogen-bond acceptors (Lipinski definition) is 7. The van der Waals surface area contributed by atoms with E-state index in [2.05, 4.69) is 11.4 Å². The Kier molecular flexibility index (Phi) is 8.64. The smallest absolute Gasteiger partial charge is 0.419 e. The summed E-state index contributed by atoms with van der Waals surface area (Å²) >= 11 is 0. The van der Waals surface area contributed by atoms with Crippen LogP contribution in [0.2, 0.25) is 0 Å². The third kappa shape index (κ3) is 7.10. The molecule has 10 nitrogen and oxygen atoms in total. The number of nitrogens with one attached hydrogen (secondary N) is 1. The number of benzene rings is 2. The van der Waals surface area contributed by atoms with Gasteiger partial charge in [0.15, 0.2) is 5.58 Å². The highest BCUT2D eigenvalue weighted by Crippen LogP contribution is 2.25. The van der Waals surface area contributed by atoms with Crippen molar-refractivity contribution in [2.24, 2.45) is 13.0 Å². The van der Waals surface area contributed by atoms with Crippen LogP contribution >= 0.6 is 0 Å². The molecule has 0 radical (unpaired) electrons. The first kappa shape index (κ1) is 28.9. The maximum absolute atomic E-state index is 13.2. The third-order valence-electron chi connectivity index (χ3n) is 6.98. The van der Waals surface area contributed by atoms with Gasteiger partial charge in [-0.15, -0.1) is 0 Å². The van der Waals surface area contributed by atoms with Gasteiger partial charge in [0.2, 0.25) is 5.91 Å². The maximum atomic E-state index is 13.2. The van der Waals surface area contributed by atoms with Gasteiger partial charge in [-0.3, -0.25) is 9.36 Å². The van der Waals surface area contributed by atoms with Crippen molar-refractivity contribution in [2.75, 3.05) is 13.1 Å². The Hall–Kier alpha value is -4.10.